The van der Waals surface area contributed by atoms with E-state index < -0.39 is 0 Å². The highest BCUT2D eigenvalue weighted by Gasteiger charge is 2.27. The largest absolute Gasteiger partial charge is 0.324 e. The van der Waals surface area contributed by atoms with Crippen LogP contribution < -0.4 is 10.6 Å². The van der Waals surface area contributed by atoms with Gasteiger partial charge in [-0.15, -0.1) is 0 Å². The number of anilines is 2. The van der Waals surface area contributed by atoms with Crippen molar-refractivity contribution in [2.45, 2.75) is 32.4 Å². The van der Waals surface area contributed by atoms with E-state index in [9.17, 15) is 0 Å². The topological polar surface area (TPSA) is 42.1 Å². The maximum absolute atomic E-state index is 5.87. The Bertz CT molecular complexity index is 575. The molecule has 0 spiro atoms. The van der Waals surface area contributed by atoms with Gasteiger partial charge in [-0.25, -0.2) is 4.98 Å². The Morgan fingerprint density at radius 3 is 2.74 bits per heavy atom. The quantitative estimate of drug-likeness (QED) is 0.893. The molecule has 98 valence electrons. The van der Waals surface area contributed by atoms with E-state index in [1.807, 2.05) is 13.1 Å². The monoisotopic (exact) mass is 253 g/mol. The molecule has 2 N–H and O–H groups in total. The summed E-state index contributed by atoms with van der Waals surface area (Å²) in [4.78, 5) is 6.88. The fraction of sp³-hybridized carbons (Fsp3) is 0.312. The van der Waals surface area contributed by atoms with Crippen molar-refractivity contribution in [2.24, 2.45) is 5.73 Å². The number of para-hydroxylation sites is 1. The number of nitrogens with zero attached hydrogens (tertiary/aromatic N) is 2. The Hall–Kier alpha value is -1.87. The highest BCUT2D eigenvalue weighted by Crippen LogP contribution is 2.37. The number of pyridine rings is 1. The minimum atomic E-state index is 0.0323. The van der Waals surface area contributed by atoms with Crippen LogP contribution in [0, 0.1) is 0 Å². The molecule has 3 heteroatoms. The van der Waals surface area contributed by atoms with Gasteiger partial charge in [-0.1, -0.05) is 24.3 Å². The highest BCUT2D eigenvalue weighted by atomic mass is 15.2. The normalized spacial score (nSPS) is 19.3. The van der Waals surface area contributed by atoms with E-state index >= 15 is 0 Å². The molecule has 0 aliphatic carbocycles. The van der Waals surface area contributed by atoms with Crippen LogP contribution in [0.4, 0.5) is 11.5 Å². The second kappa shape index (κ2) is 4.67. The average molecular weight is 253 g/mol. The van der Waals surface area contributed by atoms with Gasteiger partial charge in [0.15, 0.2) is 0 Å². The molecule has 19 heavy (non-hydrogen) atoms. The first kappa shape index (κ1) is 12.2. The van der Waals surface area contributed by atoms with Crippen LogP contribution in [0.25, 0.3) is 0 Å². The number of hydrogen-bond donors (Lipinski definition) is 1. The minimum absolute atomic E-state index is 0.0323. The molecule has 0 radical (unpaired) electrons. The Morgan fingerprint density at radius 2 is 2.05 bits per heavy atom. The number of aromatic nitrogens is 1. The predicted molar refractivity (Wildman–Crippen MR) is 78.6 cm³/mol. The fourth-order valence-corrected chi connectivity index (χ4v) is 2.72. The van der Waals surface area contributed by atoms with Gasteiger partial charge >= 0.3 is 0 Å². The molecule has 0 saturated heterocycles. The van der Waals surface area contributed by atoms with Crippen LogP contribution in [-0.2, 0) is 6.42 Å². The first-order chi connectivity index (χ1) is 9.16. The summed E-state index contributed by atoms with van der Waals surface area (Å²) >= 11 is 0. The maximum atomic E-state index is 5.87. The molecule has 2 aromatic rings. The van der Waals surface area contributed by atoms with E-state index in [0.717, 1.165) is 17.8 Å². The SMILES string of the molecule is CC(N)c1ccc(N2c3ccccc3CC2C)nc1. The molecule has 0 bridgehead atoms. The average Bonchev–Trinajstić information content (AvgIpc) is 2.74. The Morgan fingerprint density at radius 1 is 1.26 bits per heavy atom. The molecule has 1 aliphatic rings. The zero-order valence-electron chi connectivity index (χ0n) is 11.4. The zero-order chi connectivity index (χ0) is 13.4. The van der Waals surface area contributed by atoms with Crippen molar-refractivity contribution in [3.05, 3.63) is 53.7 Å². The van der Waals surface area contributed by atoms with Gasteiger partial charge in [-0.05, 0) is 43.5 Å². The van der Waals surface area contributed by atoms with Gasteiger partial charge in [0, 0.05) is 24.0 Å². The van der Waals surface area contributed by atoms with E-state index in [4.69, 9.17) is 5.73 Å². The molecular weight excluding hydrogens is 234 g/mol. The van der Waals surface area contributed by atoms with Crippen molar-refractivity contribution in [3.63, 3.8) is 0 Å². The molecule has 0 saturated carbocycles. The molecule has 2 atom stereocenters. The summed E-state index contributed by atoms with van der Waals surface area (Å²) < 4.78 is 0. The van der Waals surface area contributed by atoms with Gasteiger partial charge in [-0.2, -0.15) is 0 Å². The molecule has 0 fully saturated rings. The van der Waals surface area contributed by atoms with Crippen molar-refractivity contribution < 1.29 is 0 Å². The van der Waals surface area contributed by atoms with E-state index in [2.05, 4.69) is 53.2 Å². The highest BCUT2D eigenvalue weighted by molar-refractivity contribution is 5.68. The number of nitrogens with two attached hydrogens (primary N) is 1. The zero-order valence-corrected chi connectivity index (χ0v) is 11.4. The summed E-state index contributed by atoms with van der Waals surface area (Å²) in [5.41, 5.74) is 9.61. The molecule has 3 rings (SSSR count). The Balaban J connectivity index is 1.98. The maximum Gasteiger partial charge on any atom is 0.133 e. The van der Waals surface area contributed by atoms with Crippen LogP contribution in [-0.4, -0.2) is 11.0 Å². The standard InChI is InChI=1S/C16H19N3/c1-11-9-13-5-3-4-6-15(13)19(11)16-8-7-14(10-18-16)12(2)17/h3-8,10-12H,9,17H2,1-2H3. The van der Waals surface area contributed by atoms with Gasteiger partial charge in [0.25, 0.3) is 0 Å². The van der Waals surface area contributed by atoms with E-state index in [1.165, 1.54) is 11.3 Å². The smallest absolute Gasteiger partial charge is 0.133 e. The van der Waals surface area contributed by atoms with Crippen LogP contribution in [0.5, 0.6) is 0 Å². The third kappa shape index (κ3) is 2.10. The van der Waals surface area contributed by atoms with Crippen molar-refractivity contribution in [3.8, 4) is 0 Å². The molecule has 3 nitrogen and oxygen atoms in total. The van der Waals surface area contributed by atoms with Crippen LogP contribution in [0.2, 0.25) is 0 Å². The molecule has 1 aromatic heterocycles. The van der Waals surface area contributed by atoms with E-state index in [1.54, 1.807) is 0 Å². The first-order valence-corrected chi connectivity index (χ1v) is 6.75. The molecule has 1 aromatic carbocycles. The summed E-state index contributed by atoms with van der Waals surface area (Å²) in [6, 6.07) is 13.2. The summed E-state index contributed by atoms with van der Waals surface area (Å²) in [5.74, 6) is 1.00. The first-order valence-electron chi connectivity index (χ1n) is 6.75. The third-order valence-electron chi connectivity index (χ3n) is 3.75. The van der Waals surface area contributed by atoms with Crippen LogP contribution in [0.3, 0.4) is 0 Å². The van der Waals surface area contributed by atoms with Crippen molar-refractivity contribution in [1.82, 2.24) is 4.98 Å². The van der Waals surface area contributed by atoms with Crippen LogP contribution in [0.15, 0.2) is 42.6 Å². The molecule has 2 unspecified atom stereocenters. The second-order valence-electron chi connectivity index (χ2n) is 5.29. The van der Waals surface area contributed by atoms with E-state index in [0.29, 0.717) is 6.04 Å². The molecule has 1 aliphatic heterocycles. The minimum Gasteiger partial charge on any atom is -0.324 e. The number of rotatable bonds is 2. The fourth-order valence-electron chi connectivity index (χ4n) is 2.72. The van der Waals surface area contributed by atoms with Gasteiger partial charge in [0.1, 0.15) is 5.82 Å². The van der Waals surface area contributed by atoms with Crippen molar-refractivity contribution >= 4 is 11.5 Å². The lowest BCUT2D eigenvalue weighted by Crippen LogP contribution is -2.24. The third-order valence-corrected chi connectivity index (χ3v) is 3.75. The van der Waals surface area contributed by atoms with Gasteiger partial charge < -0.3 is 10.6 Å². The lowest BCUT2D eigenvalue weighted by Gasteiger charge is -2.24. The number of fused-ring (bicyclic) bond motifs is 1. The van der Waals surface area contributed by atoms with Crippen molar-refractivity contribution in [2.75, 3.05) is 4.90 Å². The molecule has 0 amide bonds. The lowest BCUT2D eigenvalue weighted by molar-refractivity contribution is 0.747. The van der Waals surface area contributed by atoms with Crippen LogP contribution >= 0.6 is 0 Å². The van der Waals surface area contributed by atoms with Gasteiger partial charge in [0.2, 0.25) is 0 Å². The summed E-state index contributed by atoms with van der Waals surface area (Å²) in [6.45, 7) is 4.21. The van der Waals surface area contributed by atoms with Gasteiger partial charge in [0.05, 0.1) is 0 Å². The van der Waals surface area contributed by atoms with E-state index in [-0.39, 0.29) is 6.04 Å². The predicted octanol–water partition coefficient (Wildman–Crippen LogP) is 3.18. The van der Waals surface area contributed by atoms with Crippen molar-refractivity contribution in [1.29, 1.82) is 0 Å². The lowest BCUT2D eigenvalue weighted by atomic mass is 10.1. The summed E-state index contributed by atoms with van der Waals surface area (Å²) in [6.07, 6.45) is 2.96. The van der Waals surface area contributed by atoms with Crippen LogP contribution in [0.1, 0.15) is 31.0 Å². The molecule has 2 heterocycles. The summed E-state index contributed by atoms with van der Waals surface area (Å²) in [7, 11) is 0. The number of hydrogen-bond acceptors (Lipinski definition) is 3. The molecular formula is C16H19N3. The second-order valence-corrected chi connectivity index (χ2v) is 5.29. The Kier molecular flexibility index (Phi) is 2.99. The Labute approximate surface area is 114 Å². The summed E-state index contributed by atoms with van der Waals surface area (Å²) in [5, 5.41) is 0. The number of benzene rings is 1. The van der Waals surface area contributed by atoms with Gasteiger partial charge in [-0.3, -0.25) is 0 Å².